The number of aromatic amines is 1. The van der Waals surface area contributed by atoms with Gasteiger partial charge in [0.15, 0.2) is 17.5 Å². The van der Waals surface area contributed by atoms with Crippen LogP contribution in [0.15, 0.2) is 73.3 Å². The van der Waals surface area contributed by atoms with Crippen LogP contribution < -0.4 is 16.0 Å². The third-order valence-corrected chi connectivity index (χ3v) is 7.54. The summed E-state index contributed by atoms with van der Waals surface area (Å²) in [5.74, 6) is -1.23. The van der Waals surface area contributed by atoms with Gasteiger partial charge in [0.25, 0.3) is 5.91 Å². The molecule has 4 aromatic heterocycles. The summed E-state index contributed by atoms with van der Waals surface area (Å²) in [5.41, 5.74) is 2.74. The molecule has 0 spiro atoms. The number of halogens is 2. The normalized spacial score (nSPS) is 16.2. The minimum absolute atomic E-state index is 0.0185. The van der Waals surface area contributed by atoms with Gasteiger partial charge in [0.1, 0.15) is 23.8 Å². The Morgan fingerprint density at radius 3 is 2.69 bits per heavy atom. The number of carbonyl (C=O) groups excluding carboxylic acids is 2. The van der Waals surface area contributed by atoms with Crippen molar-refractivity contribution in [1.29, 1.82) is 0 Å². The van der Waals surface area contributed by atoms with Crippen LogP contribution in [0.1, 0.15) is 47.3 Å². The number of carbonyl (C=O) groups is 2. The Morgan fingerprint density at radius 1 is 0.978 bits per heavy atom. The van der Waals surface area contributed by atoms with E-state index >= 15 is 0 Å². The summed E-state index contributed by atoms with van der Waals surface area (Å²) in [7, 11) is 0. The van der Waals surface area contributed by atoms with E-state index in [1.165, 1.54) is 12.3 Å². The highest BCUT2D eigenvalue weighted by Crippen LogP contribution is 2.28. The van der Waals surface area contributed by atoms with Crippen molar-refractivity contribution in [2.75, 3.05) is 5.32 Å². The first-order valence-electron chi connectivity index (χ1n) is 14.5. The van der Waals surface area contributed by atoms with Crippen molar-refractivity contribution in [3.63, 3.8) is 0 Å². The first-order chi connectivity index (χ1) is 21.9. The molecule has 6 rings (SSSR count). The number of ether oxygens (including phenoxy) is 1. The van der Waals surface area contributed by atoms with E-state index in [4.69, 9.17) is 4.74 Å². The smallest absolute Gasteiger partial charge is 0.407 e. The van der Waals surface area contributed by atoms with Gasteiger partial charge in [-0.1, -0.05) is 30.3 Å². The van der Waals surface area contributed by atoms with E-state index in [0.29, 0.717) is 35.1 Å². The molecular formula is C32H30F2N8O3. The van der Waals surface area contributed by atoms with Gasteiger partial charge < -0.3 is 25.7 Å². The molecule has 230 valence electrons. The van der Waals surface area contributed by atoms with Crippen LogP contribution in [-0.2, 0) is 17.9 Å². The summed E-state index contributed by atoms with van der Waals surface area (Å²) < 4.78 is 33.9. The Balaban J connectivity index is 1.04. The zero-order chi connectivity index (χ0) is 31.2. The van der Waals surface area contributed by atoms with Crippen LogP contribution >= 0.6 is 0 Å². The lowest BCUT2D eigenvalue weighted by Crippen LogP contribution is -2.42. The van der Waals surface area contributed by atoms with E-state index in [9.17, 15) is 18.4 Å². The van der Waals surface area contributed by atoms with E-state index < -0.39 is 17.7 Å². The van der Waals surface area contributed by atoms with E-state index in [0.717, 1.165) is 37.2 Å². The molecule has 1 aliphatic rings. The monoisotopic (exact) mass is 612 g/mol. The molecule has 11 nitrogen and oxygen atoms in total. The standard InChI is InChI=1S/C32H30F2N8O3/c33-21-12-24-25(16-37-28(24)36-15-21)29-38-17-26(34)30(42-29)40-22-7-4-8-23(13-22)41-31(43)27-11-20(9-10-35-27)18-45-32(44)39-14-19-5-2-1-3-6-19/h1-3,5-6,9-12,15-17,22-23H,4,7-8,13-14,18H2,(H,36,37)(H,39,44)(H,41,43)(H,38,40,42)/t22-,23+/m0/s1. The Bertz CT molecular complexity index is 1820. The van der Waals surface area contributed by atoms with Crippen LogP contribution in [0.25, 0.3) is 22.4 Å². The van der Waals surface area contributed by atoms with Crippen LogP contribution in [0, 0.1) is 11.6 Å². The summed E-state index contributed by atoms with van der Waals surface area (Å²) in [6.45, 7) is 0.324. The molecule has 0 saturated heterocycles. The molecule has 2 atom stereocenters. The summed E-state index contributed by atoms with van der Waals surface area (Å²) in [6.07, 6.45) is 7.56. The number of nitrogens with one attached hydrogen (secondary N) is 4. The molecule has 1 aliphatic carbocycles. The fourth-order valence-electron chi connectivity index (χ4n) is 5.32. The Kier molecular flexibility index (Phi) is 8.85. The zero-order valence-electron chi connectivity index (χ0n) is 24.1. The predicted octanol–water partition coefficient (Wildman–Crippen LogP) is 5.27. The molecule has 5 aromatic rings. The number of H-pyrrole nitrogens is 1. The molecule has 4 heterocycles. The Hall–Kier alpha value is -5.46. The van der Waals surface area contributed by atoms with Gasteiger partial charge in [-0.15, -0.1) is 0 Å². The second-order valence-corrected chi connectivity index (χ2v) is 10.8. The molecule has 0 unspecified atom stereocenters. The first-order valence-corrected chi connectivity index (χ1v) is 14.5. The highest BCUT2D eigenvalue weighted by Gasteiger charge is 2.26. The van der Waals surface area contributed by atoms with Crippen LogP contribution in [0.4, 0.5) is 19.4 Å². The third-order valence-electron chi connectivity index (χ3n) is 7.54. The number of pyridine rings is 2. The van der Waals surface area contributed by atoms with Gasteiger partial charge in [0.2, 0.25) is 0 Å². The van der Waals surface area contributed by atoms with Crippen LogP contribution in [0.5, 0.6) is 0 Å². The SMILES string of the molecule is O=C(NCc1ccccc1)OCc1ccnc(C(=O)N[C@@H]2CCC[C@H](Nc3nc(-c4c[nH]c5ncc(F)cc45)ncc3F)C2)c1. The topological polar surface area (TPSA) is 147 Å². The Morgan fingerprint density at radius 2 is 1.82 bits per heavy atom. The van der Waals surface area contributed by atoms with Gasteiger partial charge in [0.05, 0.1) is 12.4 Å². The molecule has 2 amide bonds. The summed E-state index contributed by atoms with van der Waals surface area (Å²) in [4.78, 5) is 44.8. The van der Waals surface area contributed by atoms with Gasteiger partial charge in [-0.3, -0.25) is 9.78 Å². The largest absolute Gasteiger partial charge is 0.445 e. The zero-order valence-corrected chi connectivity index (χ0v) is 24.1. The maximum absolute atomic E-state index is 14.8. The predicted molar refractivity (Wildman–Crippen MR) is 162 cm³/mol. The molecular weight excluding hydrogens is 582 g/mol. The number of benzene rings is 1. The molecule has 4 N–H and O–H groups in total. The molecule has 1 aromatic carbocycles. The van der Waals surface area contributed by atoms with Gasteiger partial charge in [-0.2, -0.15) is 0 Å². The fraction of sp³-hybridized carbons (Fsp3) is 0.250. The average molecular weight is 613 g/mol. The molecule has 0 radical (unpaired) electrons. The molecule has 1 fully saturated rings. The van der Waals surface area contributed by atoms with Crippen LogP contribution in [0.3, 0.4) is 0 Å². The molecule has 0 aliphatic heterocycles. The highest BCUT2D eigenvalue weighted by atomic mass is 19.1. The number of hydrogen-bond donors (Lipinski definition) is 4. The Labute approximate surface area is 256 Å². The number of nitrogens with zero attached hydrogens (tertiary/aromatic N) is 4. The van der Waals surface area contributed by atoms with Crippen molar-refractivity contribution >= 4 is 28.9 Å². The number of anilines is 1. The lowest BCUT2D eigenvalue weighted by molar-refractivity contribution is 0.0921. The first kappa shape index (κ1) is 29.6. The van der Waals surface area contributed by atoms with Crippen LogP contribution in [0.2, 0.25) is 0 Å². The minimum atomic E-state index is -0.619. The van der Waals surface area contributed by atoms with Crippen LogP contribution in [-0.4, -0.2) is 49.0 Å². The second-order valence-electron chi connectivity index (χ2n) is 10.8. The van der Waals surface area contributed by atoms with Crippen molar-refractivity contribution in [1.82, 2.24) is 35.6 Å². The van der Waals surface area contributed by atoms with Crippen molar-refractivity contribution in [2.45, 2.75) is 50.9 Å². The van der Waals surface area contributed by atoms with E-state index in [-0.39, 0.29) is 41.9 Å². The molecule has 0 bridgehead atoms. The van der Waals surface area contributed by atoms with Gasteiger partial charge in [-0.05, 0) is 55.0 Å². The summed E-state index contributed by atoms with van der Waals surface area (Å²) in [5, 5.41) is 9.37. The number of aromatic nitrogens is 5. The maximum Gasteiger partial charge on any atom is 0.407 e. The number of amides is 2. The van der Waals surface area contributed by atoms with Crippen molar-refractivity contribution < 1.29 is 23.1 Å². The fourth-order valence-corrected chi connectivity index (χ4v) is 5.32. The number of hydrogen-bond acceptors (Lipinski definition) is 8. The van der Waals surface area contributed by atoms with Gasteiger partial charge in [0, 0.05) is 42.0 Å². The quantitative estimate of drug-likeness (QED) is 0.176. The lowest BCUT2D eigenvalue weighted by atomic mass is 9.91. The van der Waals surface area contributed by atoms with Gasteiger partial charge in [-0.25, -0.2) is 28.5 Å². The highest BCUT2D eigenvalue weighted by molar-refractivity contribution is 5.93. The van der Waals surface area contributed by atoms with E-state index in [2.05, 4.69) is 40.9 Å². The number of fused-ring (bicyclic) bond motifs is 1. The number of rotatable bonds is 9. The molecule has 13 heteroatoms. The lowest BCUT2D eigenvalue weighted by Gasteiger charge is -2.30. The molecule has 1 saturated carbocycles. The van der Waals surface area contributed by atoms with E-state index in [1.807, 2.05) is 30.3 Å². The van der Waals surface area contributed by atoms with Crippen molar-refractivity contribution in [3.8, 4) is 11.4 Å². The van der Waals surface area contributed by atoms with Crippen molar-refractivity contribution in [3.05, 3.63) is 102 Å². The number of alkyl carbamates (subject to hydrolysis) is 1. The second kappa shape index (κ2) is 13.5. The summed E-state index contributed by atoms with van der Waals surface area (Å²) >= 11 is 0. The van der Waals surface area contributed by atoms with Gasteiger partial charge >= 0.3 is 6.09 Å². The van der Waals surface area contributed by atoms with E-state index in [1.54, 1.807) is 18.3 Å². The third kappa shape index (κ3) is 7.37. The van der Waals surface area contributed by atoms with Crippen molar-refractivity contribution in [2.24, 2.45) is 0 Å². The summed E-state index contributed by atoms with van der Waals surface area (Å²) in [6, 6.07) is 13.7. The average Bonchev–Trinajstić information content (AvgIpc) is 3.47. The maximum atomic E-state index is 14.8. The molecule has 45 heavy (non-hydrogen) atoms. The minimum Gasteiger partial charge on any atom is -0.445 e.